The van der Waals surface area contributed by atoms with Gasteiger partial charge in [0.05, 0.1) is 17.3 Å². The standard InChI is InChI=1S/C29H43ClN2O6/c1-7-9-10-11-12-13-14-17-37-19-20-15-16-21(30)22(18-20)31-25(34)23(24(33)28(3,4)8-2)32-26(35)29(5,6)38-27(32)36/h15-16,18,23H,7-14,17,19H2,1-6H3,(H,31,34). The summed E-state index contributed by atoms with van der Waals surface area (Å²) >= 11 is 6.35. The van der Waals surface area contributed by atoms with E-state index in [4.69, 9.17) is 21.1 Å². The number of nitrogens with zero attached hydrogens (tertiary/aromatic N) is 1. The van der Waals surface area contributed by atoms with Gasteiger partial charge in [-0.25, -0.2) is 9.69 Å². The topological polar surface area (TPSA) is 102 Å². The fourth-order valence-corrected chi connectivity index (χ4v) is 4.28. The van der Waals surface area contributed by atoms with Crippen molar-refractivity contribution in [2.24, 2.45) is 5.41 Å². The Bertz CT molecular complexity index is 1010. The molecule has 212 valence electrons. The van der Waals surface area contributed by atoms with Gasteiger partial charge in [0.15, 0.2) is 17.4 Å². The second-order valence-corrected chi connectivity index (χ2v) is 11.4. The van der Waals surface area contributed by atoms with Crippen LogP contribution in [0.5, 0.6) is 0 Å². The number of Topliss-reactive ketones (excluding diaryl/α,β-unsaturated/α-hetero) is 1. The molecular formula is C29H43ClN2O6. The second kappa shape index (κ2) is 14.1. The number of anilines is 1. The number of carbonyl (C=O) groups is 4. The molecule has 1 saturated heterocycles. The molecule has 1 unspecified atom stereocenters. The quantitative estimate of drug-likeness (QED) is 0.182. The molecule has 0 spiro atoms. The summed E-state index contributed by atoms with van der Waals surface area (Å²) in [5.74, 6) is -2.14. The van der Waals surface area contributed by atoms with Crippen LogP contribution in [0, 0.1) is 5.41 Å². The van der Waals surface area contributed by atoms with Crippen LogP contribution >= 0.6 is 11.6 Å². The van der Waals surface area contributed by atoms with Crippen molar-refractivity contribution in [2.45, 2.75) is 111 Å². The van der Waals surface area contributed by atoms with E-state index in [0.29, 0.717) is 24.5 Å². The first-order chi connectivity index (χ1) is 17.9. The molecule has 1 aromatic rings. The van der Waals surface area contributed by atoms with Crippen LogP contribution < -0.4 is 5.32 Å². The maximum atomic E-state index is 13.5. The van der Waals surface area contributed by atoms with Crippen LogP contribution in [0.1, 0.15) is 98.5 Å². The number of ether oxygens (including phenoxy) is 2. The largest absolute Gasteiger partial charge is 0.433 e. The summed E-state index contributed by atoms with van der Waals surface area (Å²) < 4.78 is 11.0. The zero-order valence-corrected chi connectivity index (χ0v) is 24.4. The molecule has 1 aliphatic heterocycles. The number of hydrogen-bond donors (Lipinski definition) is 1. The Labute approximate surface area is 231 Å². The molecule has 1 N–H and O–H groups in total. The van der Waals surface area contributed by atoms with Gasteiger partial charge in [-0.3, -0.25) is 14.4 Å². The molecule has 1 aliphatic rings. The van der Waals surface area contributed by atoms with Crippen molar-refractivity contribution in [3.63, 3.8) is 0 Å². The minimum absolute atomic E-state index is 0.255. The van der Waals surface area contributed by atoms with Gasteiger partial charge >= 0.3 is 6.09 Å². The minimum Gasteiger partial charge on any atom is -0.433 e. The highest BCUT2D eigenvalue weighted by Gasteiger charge is 2.55. The second-order valence-electron chi connectivity index (χ2n) is 11.0. The van der Waals surface area contributed by atoms with E-state index in [1.807, 2.05) is 0 Å². The Morgan fingerprint density at radius 2 is 1.71 bits per heavy atom. The van der Waals surface area contributed by atoms with E-state index in [9.17, 15) is 19.2 Å². The van der Waals surface area contributed by atoms with E-state index in [1.54, 1.807) is 39.0 Å². The number of nitrogens with one attached hydrogen (secondary N) is 1. The number of halogens is 1. The average molecular weight is 551 g/mol. The van der Waals surface area contributed by atoms with E-state index in [0.717, 1.165) is 18.4 Å². The summed E-state index contributed by atoms with van der Waals surface area (Å²) in [6, 6.07) is 3.41. The fraction of sp³-hybridized carbons (Fsp3) is 0.655. The van der Waals surface area contributed by atoms with Crippen LogP contribution in [0.4, 0.5) is 10.5 Å². The van der Waals surface area contributed by atoms with Gasteiger partial charge in [0.25, 0.3) is 11.8 Å². The van der Waals surface area contributed by atoms with Crippen molar-refractivity contribution in [2.75, 3.05) is 11.9 Å². The van der Waals surface area contributed by atoms with E-state index in [1.165, 1.54) is 46.0 Å². The van der Waals surface area contributed by atoms with Crippen molar-refractivity contribution in [3.8, 4) is 0 Å². The first-order valence-electron chi connectivity index (χ1n) is 13.6. The molecule has 1 aromatic carbocycles. The summed E-state index contributed by atoms with van der Waals surface area (Å²) in [4.78, 5) is 53.1. The highest BCUT2D eigenvalue weighted by atomic mass is 35.5. The van der Waals surface area contributed by atoms with Crippen LogP contribution in [0.15, 0.2) is 18.2 Å². The SMILES string of the molecule is CCCCCCCCCOCc1ccc(Cl)c(NC(=O)C(C(=O)C(C)(C)CC)N2C(=O)OC(C)(C)C2=O)c1. The summed E-state index contributed by atoms with van der Waals surface area (Å²) in [6.07, 6.45) is 7.76. The molecule has 3 amide bonds. The van der Waals surface area contributed by atoms with E-state index >= 15 is 0 Å². The molecule has 0 radical (unpaired) electrons. The number of hydrogen-bond acceptors (Lipinski definition) is 6. The lowest BCUT2D eigenvalue weighted by atomic mass is 9.81. The predicted octanol–water partition coefficient (Wildman–Crippen LogP) is 6.68. The highest BCUT2D eigenvalue weighted by Crippen LogP contribution is 2.32. The van der Waals surface area contributed by atoms with Gasteiger partial charge in [-0.15, -0.1) is 0 Å². The minimum atomic E-state index is -1.69. The predicted molar refractivity (Wildman–Crippen MR) is 148 cm³/mol. The van der Waals surface area contributed by atoms with E-state index < -0.39 is 40.7 Å². The van der Waals surface area contributed by atoms with Gasteiger partial charge in [0.1, 0.15) is 0 Å². The van der Waals surface area contributed by atoms with Crippen molar-refractivity contribution >= 4 is 41.0 Å². The van der Waals surface area contributed by atoms with Crippen LogP contribution in [0.3, 0.4) is 0 Å². The molecule has 9 heteroatoms. The van der Waals surface area contributed by atoms with Crippen LogP contribution in [0.2, 0.25) is 5.02 Å². The lowest BCUT2D eigenvalue weighted by molar-refractivity contribution is -0.146. The molecule has 0 saturated carbocycles. The average Bonchev–Trinajstić information content (AvgIpc) is 3.06. The fourth-order valence-electron chi connectivity index (χ4n) is 4.12. The van der Waals surface area contributed by atoms with Gasteiger partial charge in [-0.1, -0.05) is 83.9 Å². The number of benzene rings is 1. The Balaban J connectivity index is 2.11. The molecule has 1 heterocycles. The number of cyclic esters (lactones) is 1. The zero-order valence-electron chi connectivity index (χ0n) is 23.7. The number of ketones is 1. The zero-order chi connectivity index (χ0) is 28.5. The third kappa shape index (κ3) is 8.27. The molecule has 38 heavy (non-hydrogen) atoms. The molecule has 0 aliphatic carbocycles. The Kier molecular flexibility index (Phi) is 11.8. The lowest BCUT2D eigenvalue weighted by Crippen LogP contribution is -2.56. The number of unbranched alkanes of at least 4 members (excludes halogenated alkanes) is 6. The van der Waals surface area contributed by atoms with E-state index in [2.05, 4.69) is 12.2 Å². The van der Waals surface area contributed by atoms with Gasteiger partial charge in [-0.2, -0.15) is 0 Å². The first kappa shape index (κ1) is 31.8. The number of rotatable bonds is 16. The van der Waals surface area contributed by atoms with Crippen LogP contribution in [-0.4, -0.2) is 46.8 Å². The summed E-state index contributed by atoms with van der Waals surface area (Å²) in [6.45, 7) is 11.2. The number of imide groups is 1. The Morgan fingerprint density at radius 3 is 2.29 bits per heavy atom. The van der Waals surface area contributed by atoms with Crippen molar-refractivity contribution in [1.29, 1.82) is 0 Å². The summed E-state index contributed by atoms with van der Waals surface area (Å²) in [7, 11) is 0. The monoisotopic (exact) mass is 550 g/mol. The summed E-state index contributed by atoms with van der Waals surface area (Å²) in [5.41, 5.74) is -1.39. The van der Waals surface area contributed by atoms with Crippen molar-refractivity contribution < 1.29 is 28.7 Å². The van der Waals surface area contributed by atoms with Crippen molar-refractivity contribution in [1.82, 2.24) is 4.90 Å². The Morgan fingerprint density at radius 1 is 1.08 bits per heavy atom. The highest BCUT2D eigenvalue weighted by molar-refractivity contribution is 6.34. The van der Waals surface area contributed by atoms with E-state index in [-0.39, 0.29) is 10.7 Å². The lowest BCUT2D eigenvalue weighted by Gasteiger charge is -2.30. The smallest absolute Gasteiger partial charge is 0.418 e. The van der Waals surface area contributed by atoms with Gasteiger partial charge in [0.2, 0.25) is 0 Å². The maximum absolute atomic E-state index is 13.5. The van der Waals surface area contributed by atoms with Crippen LogP contribution in [0.25, 0.3) is 0 Å². The maximum Gasteiger partial charge on any atom is 0.418 e. The van der Waals surface area contributed by atoms with Crippen LogP contribution in [-0.2, 0) is 30.5 Å². The molecule has 8 nitrogen and oxygen atoms in total. The molecule has 2 rings (SSSR count). The molecule has 0 bridgehead atoms. The molecule has 0 aromatic heterocycles. The van der Waals surface area contributed by atoms with Gasteiger partial charge < -0.3 is 14.8 Å². The molecule has 1 atom stereocenters. The summed E-state index contributed by atoms with van der Waals surface area (Å²) in [5, 5.41) is 2.91. The third-order valence-electron chi connectivity index (χ3n) is 7.03. The van der Waals surface area contributed by atoms with Gasteiger partial charge in [-0.05, 0) is 44.4 Å². The van der Waals surface area contributed by atoms with Gasteiger partial charge in [0, 0.05) is 12.0 Å². The first-order valence-corrected chi connectivity index (χ1v) is 14.0. The Hall–Kier alpha value is -2.45. The van der Waals surface area contributed by atoms with Crippen molar-refractivity contribution in [3.05, 3.63) is 28.8 Å². The molecular weight excluding hydrogens is 508 g/mol. The normalized spacial score (nSPS) is 15.9. The molecule has 1 fully saturated rings. The number of amides is 3. The third-order valence-corrected chi connectivity index (χ3v) is 7.36. The number of carbonyl (C=O) groups excluding carboxylic acids is 4.